The van der Waals surface area contributed by atoms with Crippen LogP contribution in [0.15, 0.2) is 12.7 Å². The van der Waals surface area contributed by atoms with Crippen LogP contribution in [0, 0.1) is 0 Å². The Hall–Kier alpha value is -1.36. The van der Waals surface area contributed by atoms with E-state index in [0.29, 0.717) is 19.5 Å². The lowest BCUT2D eigenvalue weighted by Crippen LogP contribution is -2.52. The maximum absolute atomic E-state index is 11.7. The van der Waals surface area contributed by atoms with Gasteiger partial charge in [0.1, 0.15) is 0 Å². The highest BCUT2D eigenvalue weighted by Crippen LogP contribution is 2.01. The van der Waals surface area contributed by atoms with Gasteiger partial charge in [-0.15, -0.1) is 6.58 Å². The van der Waals surface area contributed by atoms with E-state index in [9.17, 15) is 9.59 Å². The Morgan fingerprint density at radius 3 is 2.56 bits per heavy atom. The monoisotopic (exact) mass is 228 g/mol. The minimum absolute atomic E-state index is 0.0702. The summed E-state index contributed by atoms with van der Waals surface area (Å²) in [6.07, 6.45) is 2.19. The molecule has 0 aromatic heterocycles. The van der Waals surface area contributed by atoms with Gasteiger partial charge in [-0.25, -0.2) is 0 Å². The van der Waals surface area contributed by atoms with E-state index in [-0.39, 0.29) is 12.3 Å². The Bertz CT molecular complexity index is 262. The number of carboxylic acid groups (broad SMARTS) is 1. The van der Waals surface area contributed by atoms with Crippen molar-refractivity contribution in [3.8, 4) is 0 Å². The average Bonchev–Trinajstić information content (AvgIpc) is 2.20. The third kappa shape index (κ3) is 6.19. The first kappa shape index (κ1) is 14.6. The summed E-state index contributed by atoms with van der Waals surface area (Å²) in [4.78, 5) is 21.9. The van der Waals surface area contributed by atoms with Crippen molar-refractivity contribution in [1.29, 1.82) is 0 Å². The molecule has 0 aliphatic carbocycles. The molecular formula is C11H20N2O3. The summed E-state index contributed by atoms with van der Waals surface area (Å²) < 4.78 is 0. The number of nitrogens with one attached hydrogen (secondary N) is 2. The highest BCUT2D eigenvalue weighted by Gasteiger charge is 2.25. The molecule has 16 heavy (non-hydrogen) atoms. The van der Waals surface area contributed by atoms with Gasteiger partial charge in [0.15, 0.2) is 0 Å². The fourth-order valence-electron chi connectivity index (χ4n) is 1.07. The van der Waals surface area contributed by atoms with Gasteiger partial charge in [0.05, 0.1) is 5.54 Å². The fraction of sp³-hybridized carbons (Fsp3) is 0.636. The lowest BCUT2D eigenvalue weighted by Gasteiger charge is -2.24. The maximum atomic E-state index is 11.7. The van der Waals surface area contributed by atoms with Crippen molar-refractivity contribution in [3.63, 3.8) is 0 Å². The fourth-order valence-corrected chi connectivity index (χ4v) is 1.07. The van der Waals surface area contributed by atoms with Crippen molar-refractivity contribution >= 4 is 11.9 Å². The van der Waals surface area contributed by atoms with Crippen LogP contribution in [0.25, 0.3) is 0 Å². The summed E-state index contributed by atoms with van der Waals surface area (Å²) >= 11 is 0. The van der Waals surface area contributed by atoms with Gasteiger partial charge in [-0.3, -0.25) is 9.59 Å². The number of hydrogen-bond donors (Lipinski definition) is 3. The average molecular weight is 228 g/mol. The van der Waals surface area contributed by atoms with Crippen LogP contribution in [-0.2, 0) is 9.59 Å². The summed E-state index contributed by atoms with van der Waals surface area (Å²) in [6.45, 7) is 8.02. The second-order valence-corrected chi connectivity index (χ2v) is 4.05. The lowest BCUT2D eigenvalue weighted by atomic mass is 10.0. The predicted octanol–water partition coefficient (Wildman–Crippen LogP) is 0.522. The topological polar surface area (TPSA) is 78.4 Å². The number of rotatable bonds is 8. The van der Waals surface area contributed by atoms with E-state index in [1.165, 1.54) is 0 Å². The number of carboxylic acids is 1. The second-order valence-electron chi connectivity index (χ2n) is 4.05. The predicted molar refractivity (Wildman–Crippen MR) is 62.2 cm³/mol. The quantitative estimate of drug-likeness (QED) is 0.418. The van der Waals surface area contributed by atoms with Gasteiger partial charge in [-0.2, -0.15) is 0 Å². The van der Waals surface area contributed by atoms with Crippen LogP contribution >= 0.6 is 0 Å². The van der Waals surface area contributed by atoms with Gasteiger partial charge in [0.2, 0.25) is 5.91 Å². The van der Waals surface area contributed by atoms with Crippen molar-refractivity contribution in [2.24, 2.45) is 0 Å². The Kier molecular flexibility index (Phi) is 6.41. The molecule has 0 fully saturated rings. The van der Waals surface area contributed by atoms with Crippen molar-refractivity contribution < 1.29 is 14.7 Å². The van der Waals surface area contributed by atoms with Gasteiger partial charge < -0.3 is 15.7 Å². The molecule has 0 heterocycles. The second kappa shape index (κ2) is 7.00. The molecule has 5 nitrogen and oxygen atoms in total. The zero-order chi connectivity index (χ0) is 12.6. The molecule has 0 unspecified atom stereocenters. The first-order valence-corrected chi connectivity index (χ1v) is 5.26. The molecule has 3 N–H and O–H groups in total. The summed E-state index contributed by atoms with van der Waals surface area (Å²) in [5, 5.41) is 14.1. The molecular weight excluding hydrogens is 208 g/mol. The normalized spacial score (nSPS) is 10.9. The van der Waals surface area contributed by atoms with Crippen LogP contribution < -0.4 is 10.6 Å². The molecule has 0 aromatic rings. The third-order valence-electron chi connectivity index (χ3n) is 2.11. The van der Waals surface area contributed by atoms with Crippen LogP contribution in [0.4, 0.5) is 0 Å². The van der Waals surface area contributed by atoms with Crippen LogP contribution in [0.3, 0.4) is 0 Å². The van der Waals surface area contributed by atoms with E-state index in [1.807, 2.05) is 0 Å². The van der Waals surface area contributed by atoms with E-state index < -0.39 is 11.5 Å². The van der Waals surface area contributed by atoms with Crippen LogP contribution in [-0.4, -0.2) is 35.6 Å². The third-order valence-corrected chi connectivity index (χ3v) is 2.11. The molecule has 0 aromatic carbocycles. The molecule has 0 atom stereocenters. The largest absolute Gasteiger partial charge is 0.481 e. The van der Waals surface area contributed by atoms with E-state index in [4.69, 9.17) is 5.11 Å². The standard InChI is InChI=1S/C11H20N2O3/c1-4-7-13-11(2,3)10(16)12-8-5-6-9(14)15/h4,13H,1,5-8H2,2-3H3,(H,12,16)(H,14,15). The lowest BCUT2D eigenvalue weighted by molar-refractivity contribution is -0.137. The van der Waals surface area contributed by atoms with Crippen LogP contribution in [0.5, 0.6) is 0 Å². The molecule has 0 radical (unpaired) electrons. The molecule has 0 saturated carbocycles. The Balaban J connectivity index is 3.85. The van der Waals surface area contributed by atoms with E-state index in [0.717, 1.165) is 0 Å². The minimum atomic E-state index is -0.849. The molecule has 5 heteroatoms. The van der Waals surface area contributed by atoms with Gasteiger partial charge in [-0.1, -0.05) is 6.08 Å². The zero-order valence-electron chi connectivity index (χ0n) is 9.88. The van der Waals surface area contributed by atoms with Gasteiger partial charge in [0, 0.05) is 19.5 Å². The molecule has 0 rings (SSSR count). The van der Waals surface area contributed by atoms with Crippen molar-refractivity contribution in [1.82, 2.24) is 10.6 Å². The SMILES string of the molecule is C=CCNC(C)(C)C(=O)NCCCC(=O)O. The number of carbonyl (C=O) groups excluding carboxylic acids is 1. The van der Waals surface area contributed by atoms with Gasteiger partial charge in [-0.05, 0) is 20.3 Å². The minimum Gasteiger partial charge on any atom is -0.481 e. The molecule has 92 valence electrons. The van der Waals surface area contributed by atoms with E-state index >= 15 is 0 Å². The highest BCUT2D eigenvalue weighted by molar-refractivity contribution is 5.85. The molecule has 0 saturated heterocycles. The number of aliphatic carboxylic acids is 1. The summed E-state index contributed by atoms with van der Waals surface area (Å²) in [6, 6.07) is 0. The van der Waals surface area contributed by atoms with Crippen molar-refractivity contribution in [2.75, 3.05) is 13.1 Å². The molecule has 0 spiro atoms. The Morgan fingerprint density at radius 2 is 2.06 bits per heavy atom. The Morgan fingerprint density at radius 1 is 1.44 bits per heavy atom. The molecule has 0 aliphatic rings. The molecule has 1 amide bonds. The highest BCUT2D eigenvalue weighted by atomic mass is 16.4. The van der Waals surface area contributed by atoms with E-state index in [2.05, 4.69) is 17.2 Å². The van der Waals surface area contributed by atoms with Crippen LogP contribution in [0.2, 0.25) is 0 Å². The smallest absolute Gasteiger partial charge is 0.303 e. The van der Waals surface area contributed by atoms with Crippen molar-refractivity contribution in [2.45, 2.75) is 32.2 Å². The summed E-state index contributed by atoms with van der Waals surface area (Å²) in [5.41, 5.74) is -0.669. The maximum Gasteiger partial charge on any atom is 0.303 e. The number of hydrogen-bond acceptors (Lipinski definition) is 3. The van der Waals surface area contributed by atoms with Crippen molar-refractivity contribution in [3.05, 3.63) is 12.7 Å². The van der Waals surface area contributed by atoms with E-state index in [1.54, 1.807) is 19.9 Å². The number of carbonyl (C=O) groups is 2. The molecule has 0 bridgehead atoms. The van der Waals surface area contributed by atoms with Gasteiger partial charge in [0.25, 0.3) is 0 Å². The summed E-state index contributed by atoms with van der Waals surface area (Å²) in [5.74, 6) is -0.988. The van der Waals surface area contributed by atoms with Gasteiger partial charge >= 0.3 is 5.97 Å². The molecule has 0 aliphatic heterocycles. The first-order valence-electron chi connectivity index (χ1n) is 5.26. The first-order chi connectivity index (χ1) is 7.40. The van der Waals surface area contributed by atoms with Crippen LogP contribution in [0.1, 0.15) is 26.7 Å². The number of amides is 1. The zero-order valence-corrected chi connectivity index (χ0v) is 9.88. The Labute approximate surface area is 95.9 Å². The summed E-state index contributed by atoms with van der Waals surface area (Å²) in [7, 11) is 0.